The van der Waals surface area contributed by atoms with Crippen LogP contribution in [0.1, 0.15) is 27.0 Å². The quantitative estimate of drug-likeness (QED) is 0.450. The first-order valence-corrected chi connectivity index (χ1v) is 9.09. The van der Waals surface area contributed by atoms with Crippen molar-refractivity contribution in [2.45, 2.75) is 6.54 Å². The van der Waals surface area contributed by atoms with Gasteiger partial charge in [0, 0.05) is 30.1 Å². The minimum absolute atomic E-state index is 0.0783. The number of imidazole rings is 1. The maximum absolute atomic E-state index is 12.7. The van der Waals surface area contributed by atoms with Gasteiger partial charge in [-0.3, -0.25) is 4.79 Å². The van der Waals surface area contributed by atoms with Crippen LogP contribution in [0.5, 0.6) is 11.5 Å². The van der Waals surface area contributed by atoms with E-state index >= 15 is 0 Å². The van der Waals surface area contributed by atoms with E-state index in [1.54, 1.807) is 55.0 Å². The molecule has 4 rings (SSSR count). The maximum atomic E-state index is 12.7. The Morgan fingerprint density at radius 3 is 2.59 bits per heavy atom. The van der Waals surface area contributed by atoms with E-state index in [0.29, 0.717) is 34.7 Å². The number of carbonyl (C=O) groups is 1. The van der Waals surface area contributed by atoms with Gasteiger partial charge in [-0.1, -0.05) is 48.5 Å². The lowest BCUT2D eigenvalue weighted by molar-refractivity contribution is 0.103. The number of ketones is 1. The van der Waals surface area contributed by atoms with Gasteiger partial charge in [0.05, 0.1) is 11.9 Å². The largest absolute Gasteiger partial charge is 0.456 e. The molecular weight excluding hydrogens is 362 g/mol. The summed E-state index contributed by atoms with van der Waals surface area (Å²) in [4.78, 5) is 16.7. The molecule has 0 spiro atoms. The third kappa shape index (κ3) is 4.23. The zero-order chi connectivity index (χ0) is 20.1. The van der Waals surface area contributed by atoms with E-state index < -0.39 is 0 Å². The normalized spacial score (nSPS) is 10.3. The molecule has 1 heterocycles. The van der Waals surface area contributed by atoms with Crippen LogP contribution in [0.3, 0.4) is 0 Å². The fourth-order valence-electron chi connectivity index (χ4n) is 3.02. The summed E-state index contributed by atoms with van der Waals surface area (Å²) in [7, 11) is 0. The molecule has 0 fully saturated rings. The van der Waals surface area contributed by atoms with Gasteiger partial charge >= 0.3 is 0 Å². The highest BCUT2D eigenvalue weighted by Gasteiger charge is 2.11. The van der Waals surface area contributed by atoms with E-state index in [9.17, 15) is 10.1 Å². The molecule has 0 unspecified atom stereocenters. The number of nitriles is 1. The van der Waals surface area contributed by atoms with Crippen molar-refractivity contribution in [1.82, 2.24) is 9.55 Å². The highest BCUT2D eigenvalue weighted by Crippen LogP contribution is 2.28. The van der Waals surface area contributed by atoms with Crippen molar-refractivity contribution in [3.8, 4) is 17.6 Å². The smallest absolute Gasteiger partial charge is 0.193 e. The molecule has 140 valence electrons. The first kappa shape index (κ1) is 18.2. The van der Waals surface area contributed by atoms with Crippen LogP contribution >= 0.6 is 0 Å². The molecule has 1 aromatic heterocycles. The molecule has 3 aromatic carbocycles. The fraction of sp³-hybridized carbons (Fsp3) is 0.0417. The third-order valence-corrected chi connectivity index (χ3v) is 4.45. The summed E-state index contributed by atoms with van der Waals surface area (Å²) < 4.78 is 7.92. The highest BCUT2D eigenvalue weighted by atomic mass is 16.5. The summed E-state index contributed by atoms with van der Waals surface area (Å²) in [6.07, 6.45) is 5.32. The Labute approximate surface area is 168 Å². The number of hydrogen-bond donors (Lipinski definition) is 0. The van der Waals surface area contributed by atoms with Crippen LogP contribution in [0.25, 0.3) is 0 Å². The molecular formula is C24H17N3O2. The third-order valence-electron chi connectivity index (χ3n) is 4.45. The molecule has 5 heteroatoms. The molecule has 0 saturated carbocycles. The van der Waals surface area contributed by atoms with Gasteiger partial charge in [-0.2, -0.15) is 5.26 Å². The summed E-state index contributed by atoms with van der Waals surface area (Å²) >= 11 is 0. The van der Waals surface area contributed by atoms with Crippen LogP contribution in [0.15, 0.2) is 91.5 Å². The van der Waals surface area contributed by atoms with Gasteiger partial charge in [0.1, 0.15) is 17.6 Å². The Morgan fingerprint density at radius 1 is 1.00 bits per heavy atom. The predicted octanol–water partition coefficient (Wildman–Crippen LogP) is 4.83. The summed E-state index contributed by atoms with van der Waals surface area (Å²) in [6, 6.07) is 23.7. The molecule has 0 amide bonds. The zero-order valence-electron chi connectivity index (χ0n) is 15.5. The van der Waals surface area contributed by atoms with E-state index in [4.69, 9.17) is 4.74 Å². The molecule has 0 radical (unpaired) electrons. The van der Waals surface area contributed by atoms with Crippen molar-refractivity contribution in [2.75, 3.05) is 0 Å². The van der Waals surface area contributed by atoms with Gasteiger partial charge in [0.2, 0.25) is 0 Å². The number of ether oxygens (including phenoxy) is 1. The van der Waals surface area contributed by atoms with Gasteiger partial charge in [0.15, 0.2) is 5.78 Å². The van der Waals surface area contributed by atoms with Gasteiger partial charge < -0.3 is 9.30 Å². The molecule has 5 nitrogen and oxygen atoms in total. The van der Waals surface area contributed by atoms with Crippen molar-refractivity contribution >= 4 is 5.78 Å². The molecule has 0 aliphatic carbocycles. The average molecular weight is 379 g/mol. The van der Waals surface area contributed by atoms with Crippen LogP contribution in [0, 0.1) is 11.3 Å². The Balaban J connectivity index is 1.60. The van der Waals surface area contributed by atoms with Crippen molar-refractivity contribution < 1.29 is 9.53 Å². The number of hydrogen-bond acceptors (Lipinski definition) is 4. The number of aromatic nitrogens is 2. The van der Waals surface area contributed by atoms with Crippen LogP contribution in [0.4, 0.5) is 0 Å². The van der Waals surface area contributed by atoms with Gasteiger partial charge in [-0.05, 0) is 29.8 Å². The van der Waals surface area contributed by atoms with Crippen LogP contribution in [-0.4, -0.2) is 15.3 Å². The molecule has 0 bridgehead atoms. The second kappa shape index (κ2) is 8.24. The van der Waals surface area contributed by atoms with Gasteiger partial charge in [-0.25, -0.2) is 4.98 Å². The Kier molecular flexibility index (Phi) is 5.17. The summed E-state index contributed by atoms with van der Waals surface area (Å²) in [6.45, 7) is 0.620. The first-order valence-electron chi connectivity index (χ1n) is 9.09. The van der Waals surface area contributed by atoms with Gasteiger partial charge in [-0.15, -0.1) is 0 Å². The molecule has 0 N–H and O–H groups in total. The summed E-state index contributed by atoms with van der Waals surface area (Å²) in [5.74, 6) is 0.878. The minimum atomic E-state index is -0.0783. The zero-order valence-corrected chi connectivity index (χ0v) is 15.5. The number of nitrogens with zero attached hydrogens (tertiary/aromatic N) is 3. The van der Waals surface area contributed by atoms with E-state index in [0.717, 1.165) is 5.56 Å². The van der Waals surface area contributed by atoms with Crippen LogP contribution in [0.2, 0.25) is 0 Å². The minimum Gasteiger partial charge on any atom is -0.456 e. The second-order valence-corrected chi connectivity index (χ2v) is 6.50. The summed E-state index contributed by atoms with van der Waals surface area (Å²) in [5, 5.41) is 9.44. The van der Waals surface area contributed by atoms with E-state index in [2.05, 4.69) is 11.1 Å². The Morgan fingerprint density at radius 2 is 1.83 bits per heavy atom. The van der Waals surface area contributed by atoms with Crippen molar-refractivity contribution in [2.24, 2.45) is 0 Å². The molecule has 0 saturated heterocycles. The molecule has 0 aliphatic heterocycles. The molecule has 29 heavy (non-hydrogen) atoms. The number of rotatable bonds is 6. The number of carbonyl (C=O) groups excluding carboxylic acids is 1. The number of benzene rings is 3. The molecule has 0 aliphatic rings. The summed E-state index contributed by atoms with van der Waals surface area (Å²) in [5.41, 5.74) is 2.55. The van der Waals surface area contributed by atoms with E-state index in [-0.39, 0.29) is 5.78 Å². The fourth-order valence-corrected chi connectivity index (χ4v) is 3.02. The van der Waals surface area contributed by atoms with Crippen molar-refractivity contribution in [3.05, 3.63) is 114 Å². The predicted molar refractivity (Wildman–Crippen MR) is 109 cm³/mol. The van der Waals surface area contributed by atoms with Gasteiger partial charge in [0.25, 0.3) is 0 Å². The van der Waals surface area contributed by atoms with Crippen LogP contribution < -0.4 is 4.74 Å². The monoisotopic (exact) mass is 379 g/mol. The lowest BCUT2D eigenvalue weighted by atomic mass is 10.0. The molecule has 4 aromatic rings. The SMILES string of the molecule is N#Cc1ccc(Cn2ccnc2)cc1Oc1cccc(C(=O)c2ccccc2)c1. The Hall–Kier alpha value is -4.17. The van der Waals surface area contributed by atoms with Crippen molar-refractivity contribution in [1.29, 1.82) is 5.26 Å². The lowest BCUT2D eigenvalue weighted by Crippen LogP contribution is -2.01. The standard InChI is InChI=1S/C24H17N3O2/c25-15-21-10-9-18(16-27-12-11-26-17-27)13-23(21)29-22-8-4-7-20(14-22)24(28)19-5-2-1-3-6-19/h1-14,17H,16H2. The first-order chi connectivity index (χ1) is 14.2. The van der Waals surface area contributed by atoms with E-state index in [1.165, 1.54) is 0 Å². The van der Waals surface area contributed by atoms with Crippen molar-refractivity contribution in [3.63, 3.8) is 0 Å². The lowest BCUT2D eigenvalue weighted by Gasteiger charge is -2.11. The molecule has 0 atom stereocenters. The highest BCUT2D eigenvalue weighted by molar-refractivity contribution is 6.09. The second-order valence-electron chi connectivity index (χ2n) is 6.50. The topological polar surface area (TPSA) is 67.9 Å². The Bertz CT molecular complexity index is 1180. The van der Waals surface area contributed by atoms with E-state index in [1.807, 2.05) is 41.1 Å². The average Bonchev–Trinajstić information content (AvgIpc) is 3.27. The maximum Gasteiger partial charge on any atom is 0.193 e. The van der Waals surface area contributed by atoms with Crippen LogP contribution in [-0.2, 0) is 6.54 Å².